The van der Waals surface area contributed by atoms with Crippen molar-refractivity contribution in [1.82, 2.24) is 14.5 Å². The Morgan fingerprint density at radius 2 is 1.84 bits per heavy atom. The molecule has 0 unspecified atom stereocenters. The van der Waals surface area contributed by atoms with Gasteiger partial charge in [0.2, 0.25) is 16.0 Å². The molecule has 3 rings (SSSR count). The molecule has 0 bridgehead atoms. The van der Waals surface area contributed by atoms with E-state index in [4.69, 9.17) is 4.42 Å². The predicted octanol–water partition coefficient (Wildman–Crippen LogP) is 1.58. The van der Waals surface area contributed by atoms with Crippen LogP contribution in [0, 0.1) is 0 Å². The maximum absolute atomic E-state index is 12.6. The van der Waals surface area contributed by atoms with Crippen LogP contribution in [0.25, 0.3) is 0 Å². The van der Waals surface area contributed by atoms with Crippen LogP contribution in [-0.2, 0) is 32.3 Å². The molecule has 2 aromatic rings. The van der Waals surface area contributed by atoms with E-state index in [9.17, 15) is 16.8 Å². The lowest BCUT2D eigenvalue weighted by Gasteiger charge is -2.20. The highest BCUT2D eigenvalue weighted by Crippen LogP contribution is 2.30. The van der Waals surface area contributed by atoms with E-state index in [0.29, 0.717) is 18.1 Å². The Morgan fingerprint density at radius 1 is 1.12 bits per heavy atom. The topological polar surface area (TPSA) is 124 Å². The highest BCUT2D eigenvalue weighted by Gasteiger charge is 2.28. The lowest BCUT2D eigenvalue weighted by Crippen LogP contribution is -2.36. The number of nitrogens with one attached hydrogen (secondary N) is 2. The second-order valence-corrected chi connectivity index (χ2v) is 12.4. The molecule has 1 aliphatic heterocycles. The molecule has 176 valence electrons. The number of benzene rings is 1. The molecule has 0 radical (unpaired) electrons. The summed E-state index contributed by atoms with van der Waals surface area (Å²) in [5.41, 5.74) is 0.275. The number of nitrogens with zero attached hydrogens (tertiary/aromatic N) is 3. The monoisotopic (exact) mass is 501 g/mol. The smallest absolute Gasteiger partial charge is 0.287 e. The van der Waals surface area contributed by atoms with Gasteiger partial charge in [0.1, 0.15) is 16.4 Å². The van der Waals surface area contributed by atoms with E-state index >= 15 is 0 Å². The first-order valence-electron chi connectivity index (χ1n) is 9.71. The summed E-state index contributed by atoms with van der Waals surface area (Å²) in [7, 11) is -1.07. The fourth-order valence-corrected chi connectivity index (χ4v) is 5.77. The van der Waals surface area contributed by atoms with Gasteiger partial charge in [-0.2, -0.15) is 20.2 Å². The Labute approximate surface area is 193 Å². The van der Waals surface area contributed by atoms with Crippen molar-refractivity contribution in [2.45, 2.75) is 22.1 Å². The minimum atomic E-state index is -4.04. The first kappa shape index (κ1) is 24.6. The second kappa shape index (κ2) is 9.83. The summed E-state index contributed by atoms with van der Waals surface area (Å²) >= 11 is 1.65. The fraction of sp³-hybridized carbons (Fsp3) is 0.421. The largest absolute Gasteiger partial charge is 0.464 e. The van der Waals surface area contributed by atoms with E-state index in [1.54, 1.807) is 11.8 Å². The van der Waals surface area contributed by atoms with Crippen LogP contribution in [0.3, 0.4) is 0 Å². The lowest BCUT2D eigenvalue weighted by molar-refractivity contribution is 0.344. The van der Waals surface area contributed by atoms with Gasteiger partial charge in [-0.05, 0) is 44.4 Å². The van der Waals surface area contributed by atoms with Gasteiger partial charge >= 0.3 is 0 Å². The molecule has 0 amide bonds. The highest BCUT2D eigenvalue weighted by molar-refractivity contribution is 7.98. The maximum atomic E-state index is 12.6. The zero-order chi connectivity index (χ0) is 23.5. The van der Waals surface area contributed by atoms with Crippen LogP contribution < -0.4 is 10.6 Å². The third-order valence-electron chi connectivity index (χ3n) is 4.45. The number of sulfonamides is 2. The number of thioether (sulfide) groups is 1. The molecule has 2 heterocycles. The third-order valence-corrected chi connectivity index (χ3v) is 8.56. The number of rotatable bonds is 9. The van der Waals surface area contributed by atoms with Crippen molar-refractivity contribution < 1.29 is 21.3 Å². The molecule has 0 aliphatic carbocycles. The summed E-state index contributed by atoms with van der Waals surface area (Å²) < 4.78 is 60.3. The number of hydrogen-bond donors (Lipinski definition) is 2. The molecule has 1 aromatic heterocycles. The first-order valence-corrected chi connectivity index (χ1v) is 13.7. The molecule has 0 saturated heterocycles. The zero-order valence-corrected chi connectivity index (χ0v) is 20.8. The van der Waals surface area contributed by atoms with Gasteiger partial charge in [0, 0.05) is 26.4 Å². The quantitative estimate of drug-likeness (QED) is 0.493. The molecule has 0 fully saturated rings. The minimum Gasteiger partial charge on any atom is -0.464 e. The number of fused-ring (bicyclic) bond motifs is 1. The van der Waals surface area contributed by atoms with Gasteiger partial charge in [0.05, 0.1) is 22.9 Å². The van der Waals surface area contributed by atoms with Crippen LogP contribution in [0.5, 0.6) is 0 Å². The maximum Gasteiger partial charge on any atom is 0.287 e. The van der Waals surface area contributed by atoms with E-state index in [1.807, 2.05) is 31.1 Å². The Bertz CT molecular complexity index is 1200. The van der Waals surface area contributed by atoms with Crippen molar-refractivity contribution in [2.24, 2.45) is 4.40 Å². The predicted molar refractivity (Wildman–Crippen MR) is 126 cm³/mol. The summed E-state index contributed by atoms with van der Waals surface area (Å²) in [5.74, 6) is 3.32. The summed E-state index contributed by atoms with van der Waals surface area (Å²) in [5, 5.41) is 5.88. The van der Waals surface area contributed by atoms with Crippen molar-refractivity contribution in [2.75, 3.05) is 45.8 Å². The first-order chi connectivity index (χ1) is 15.0. The SMILES string of the molecule is CN(C)Cc1ccc(CSCCNC2=NS(=O)(=O)c3cc(S(=O)(=O)N(C)C)ccc3N2)o1. The van der Waals surface area contributed by atoms with Crippen molar-refractivity contribution in [3.8, 4) is 0 Å². The van der Waals surface area contributed by atoms with Gasteiger partial charge in [0.25, 0.3) is 10.0 Å². The van der Waals surface area contributed by atoms with Crippen LogP contribution in [0.1, 0.15) is 11.5 Å². The molecule has 10 nitrogen and oxygen atoms in total. The molecule has 0 atom stereocenters. The van der Waals surface area contributed by atoms with Crippen molar-refractivity contribution >= 4 is 43.5 Å². The summed E-state index contributed by atoms with van der Waals surface area (Å²) in [6.07, 6.45) is 0. The van der Waals surface area contributed by atoms with Gasteiger partial charge in [0.15, 0.2) is 0 Å². The van der Waals surface area contributed by atoms with Crippen molar-refractivity contribution in [3.05, 3.63) is 41.9 Å². The molecule has 2 N–H and O–H groups in total. The number of guanidine groups is 1. The van der Waals surface area contributed by atoms with Crippen LogP contribution in [0.4, 0.5) is 5.69 Å². The van der Waals surface area contributed by atoms with Crippen LogP contribution in [0.15, 0.2) is 48.9 Å². The van der Waals surface area contributed by atoms with E-state index in [0.717, 1.165) is 28.4 Å². The lowest BCUT2D eigenvalue weighted by atomic mass is 10.3. The molecule has 13 heteroatoms. The molecule has 1 aliphatic rings. The molecule has 1 aromatic carbocycles. The van der Waals surface area contributed by atoms with Gasteiger partial charge in [-0.25, -0.2) is 12.7 Å². The third kappa shape index (κ3) is 5.84. The Balaban J connectivity index is 1.56. The minimum absolute atomic E-state index is 0.104. The van der Waals surface area contributed by atoms with Crippen molar-refractivity contribution in [3.63, 3.8) is 0 Å². The van der Waals surface area contributed by atoms with Crippen LogP contribution >= 0.6 is 11.8 Å². The Morgan fingerprint density at radius 3 is 2.53 bits per heavy atom. The second-order valence-electron chi connectivity index (χ2n) is 7.57. The van der Waals surface area contributed by atoms with E-state index in [-0.39, 0.29) is 21.4 Å². The Hall–Kier alpha value is -2.06. The molecular formula is C19H27N5O5S3. The highest BCUT2D eigenvalue weighted by atomic mass is 32.2. The van der Waals surface area contributed by atoms with Gasteiger partial charge in [-0.1, -0.05) is 0 Å². The summed E-state index contributed by atoms with van der Waals surface area (Å²) in [6, 6.07) is 7.84. The van der Waals surface area contributed by atoms with Crippen molar-refractivity contribution in [1.29, 1.82) is 0 Å². The molecule has 0 saturated carbocycles. The standard InChI is InChI=1S/C19H27N5O5S3/c1-23(2)12-14-5-6-15(29-14)13-30-10-9-20-19-21-17-8-7-16(32(27,28)24(3)4)11-18(17)31(25,26)22-19/h5-8,11H,9-10,12-13H2,1-4H3,(H2,20,21,22). The van der Waals surface area contributed by atoms with E-state index < -0.39 is 20.0 Å². The van der Waals surface area contributed by atoms with Crippen LogP contribution in [0.2, 0.25) is 0 Å². The Kier molecular flexibility index (Phi) is 7.55. The van der Waals surface area contributed by atoms with E-state index in [1.165, 1.54) is 26.2 Å². The number of hydrogen-bond acceptors (Lipinski definition) is 9. The van der Waals surface area contributed by atoms with Gasteiger partial charge in [-0.15, -0.1) is 4.40 Å². The molecular weight excluding hydrogens is 474 g/mol. The fourth-order valence-electron chi connectivity index (χ4n) is 2.90. The molecule has 0 spiro atoms. The van der Waals surface area contributed by atoms with Gasteiger partial charge in [-0.3, -0.25) is 0 Å². The molecule has 32 heavy (non-hydrogen) atoms. The average molecular weight is 502 g/mol. The number of furan rings is 1. The normalized spacial score (nSPS) is 15.4. The van der Waals surface area contributed by atoms with Gasteiger partial charge < -0.3 is 20.0 Å². The average Bonchev–Trinajstić information content (AvgIpc) is 3.13. The number of anilines is 1. The van der Waals surface area contributed by atoms with E-state index in [2.05, 4.69) is 15.0 Å². The summed E-state index contributed by atoms with van der Waals surface area (Å²) in [6.45, 7) is 1.23. The zero-order valence-electron chi connectivity index (χ0n) is 18.3. The summed E-state index contributed by atoms with van der Waals surface area (Å²) in [4.78, 5) is 1.75. The van der Waals surface area contributed by atoms with Crippen LogP contribution in [-0.4, -0.2) is 72.5 Å².